The highest BCUT2D eigenvalue weighted by Gasteiger charge is 1.87. The minimum absolute atomic E-state index is 0.954. The van der Waals surface area contributed by atoms with Crippen LogP contribution in [0.2, 0.25) is 0 Å². The van der Waals surface area contributed by atoms with E-state index in [4.69, 9.17) is 4.42 Å². The Hall–Kier alpha value is 0.01000. The fourth-order valence-corrected chi connectivity index (χ4v) is 1.01. The lowest BCUT2D eigenvalue weighted by atomic mass is 10.4. The highest BCUT2D eigenvalue weighted by molar-refractivity contribution is 14.1. The molecule has 1 heterocycles. The van der Waals surface area contributed by atoms with E-state index in [1.807, 2.05) is 13.0 Å². The Labute approximate surface area is 55.9 Å². The second kappa shape index (κ2) is 1.86. The zero-order valence-electron chi connectivity index (χ0n) is 3.94. The van der Waals surface area contributed by atoms with Crippen molar-refractivity contribution in [1.29, 1.82) is 0 Å². The van der Waals surface area contributed by atoms with E-state index in [1.165, 1.54) is 5.56 Å². The molecule has 0 aromatic carbocycles. The first-order chi connectivity index (χ1) is 3.29. The molecular formula is C5H5IO. The van der Waals surface area contributed by atoms with Crippen molar-refractivity contribution in [3.63, 3.8) is 0 Å². The van der Waals surface area contributed by atoms with Crippen LogP contribution in [-0.2, 0) is 0 Å². The first-order valence-corrected chi connectivity index (χ1v) is 3.07. The molecule has 1 rings (SSSR count). The maximum atomic E-state index is 4.95. The molecule has 0 aliphatic heterocycles. The molecule has 0 fully saturated rings. The Balaban J connectivity index is 3.04. The van der Waals surface area contributed by atoms with Gasteiger partial charge in [-0.05, 0) is 41.1 Å². The fourth-order valence-electron chi connectivity index (χ4n) is 0.396. The lowest BCUT2D eigenvalue weighted by Gasteiger charge is -1.66. The predicted octanol–water partition coefficient (Wildman–Crippen LogP) is 2.19. The summed E-state index contributed by atoms with van der Waals surface area (Å²) in [5, 5.41) is 0. The number of rotatable bonds is 0. The summed E-state index contributed by atoms with van der Waals surface area (Å²) in [6.07, 6.45) is 1.74. The molecule has 1 aromatic heterocycles. The van der Waals surface area contributed by atoms with Crippen molar-refractivity contribution in [1.82, 2.24) is 0 Å². The van der Waals surface area contributed by atoms with Crippen LogP contribution in [0.5, 0.6) is 0 Å². The largest absolute Gasteiger partial charge is 0.458 e. The van der Waals surface area contributed by atoms with Crippen molar-refractivity contribution >= 4 is 22.6 Å². The molecule has 0 radical (unpaired) electrons. The molecule has 0 saturated carbocycles. The van der Waals surface area contributed by atoms with Gasteiger partial charge in [-0.1, -0.05) is 0 Å². The second-order valence-electron chi connectivity index (χ2n) is 1.43. The van der Waals surface area contributed by atoms with Gasteiger partial charge in [0, 0.05) is 0 Å². The summed E-state index contributed by atoms with van der Waals surface area (Å²) in [4.78, 5) is 0. The third-order valence-corrected chi connectivity index (χ3v) is 1.26. The van der Waals surface area contributed by atoms with Crippen molar-refractivity contribution in [2.24, 2.45) is 0 Å². The van der Waals surface area contributed by atoms with Gasteiger partial charge in [-0.15, -0.1) is 0 Å². The van der Waals surface area contributed by atoms with E-state index in [-0.39, 0.29) is 0 Å². The maximum Gasteiger partial charge on any atom is 0.163 e. The van der Waals surface area contributed by atoms with Crippen LogP contribution in [0.1, 0.15) is 5.56 Å². The monoisotopic (exact) mass is 208 g/mol. The van der Waals surface area contributed by atoms with Crippen LogP contribution in [0, 0.1) is 10.7 Å². The number of hydrogen-bond acceptors (Lipinski definition) is 1. The molecule has 2 heteroatoms. The van der Waals surface area contributed by atoms with E-state index in [0.717, 1.165) is 3.77 Å². The highest BCUT2D eigenvalue weighted by atomic mass is 127. The average molecular weight is 208 g/mol. The summed E-state index contributed by atoms with van der Waals surface area (Å²) in [6, 6.07) is 1.99. The van der Waals surface area contributed by atoms with Crippen LogP contribution in [0.4, 0.5) is 0 Å². The van der Waals surface area contributed by atoms with Crippen LogP contribution in [0.15, 0.2) is 16.7 Å². The van der Waals surface area contributed by atoms with Gasteiger partial charge >= 0.3 is 0 Å². The van der Waals surface area contributed by atoms with E-state index < -0.39 is 0 Å². The Morgan fingerprint density at radius 1 is 1.71 bits per heavy atom. The number of aryl methyl sites for hydroxylation is 1. The molecular weight excluding hydrogens is 203 g/mol. The Morgan fingerprint density at radius 3 is 2.57 bits per heavy atom. The first-order valence-electron chi connectivity index (χ1n) is 1.99. The van der Waals surface area contributed by atoms with Gasteiger partial charge in [0.15, 0.2) is 3.77 Å². The van der Waals surface area contributed by atoms with Crippen molar-refractivity contribution < 1.29 is 4.42 Å². The molecule has 1 aromatic rings. The predicted molar refractivity (Wildman–Crippen MR) is 36.2 cm³/mol. The van der Waals surface area contributed by atoms with Crippen LogP contribution in [0.3, 0.4) is 0 Å². The van der Waals surface area contributed by atoms with E-state index in [0.29, 0.717) is 0 Å². The van der Waals surface area contributed by atoms with E-state index in [2.05, 4.69) is 22.6 Å². The summed E-state index contributed by atoms with van der Waals surface area (Å²) >= 11 is 2.13. The van der Waals surface area contributed by atoms with Gasteiger partial charge in [0.1, 0.15) is 0 Å². The topological polar surface area (TPSA) is 13.1 Å². The number of furan rings is 1. The van der Waals surface area contributed by atoms with Crippen molar-refractivity contribution in [3.05, 3.63) is 21.7 Å². The smallest absolute Gasteiger partial charge is 0.163 e. The van der Waals surface area contributed by atoms with Gasteiger partial charge in [-0.25, -0.2) is 0 Å². The quantitative estimate of drug-likeness (QED) is 0.595. The van der Waals surface area contributed by atoms with E-state index >= 15 is 0 Å². The van der Waals surface area contributed by atoms with Crippen LogP contribution >= 0.6 is 22.6 Å². The minimum Gasteiger partial charge on any atom is -0.458 e. The molecule has 0 aliphatic rings. The Bertz CT molecular complexity index is 140. The summed E-state index contributed by atoms with van der Waals surface area (Å²) in [7, 11) is 0. The van der Waals surface area contributed by atoms with Crippen molar-refractivity contribution in [2.75, 3.05) is 0 Å². The van der Waals surface area contributed by atoms with Crippen LogP contribution < -0.4 is 0 Å². The van der Waals surface area contributed by atoms with Crippen LogP contribution in [0.25, 0.3) is 0 Å². The molecule has 7 heavy (non-hydrogen) atoms. The summed E-state index contributed by atoms with van der Waals surface area (Å²) < 4.78 is 5.90. The highest BCUT2D eigenvalue weighted by Crippen LogP contribution is 2.07. The van der Waals surface area contributed by atoms with Crippen molar-refractivity contribution in [3.8, 4) is 0 Å². The van der Waals surface area contributed by atoms with Gasteiger partial charge in [-0.2, -0.15) is 0 Å². The number of halogens is 1. The molecule has 38 valence electrons. The Kier molecular flexibility index (Phi) is 1.37. The summed E-state index contributed by atoms with van der Waals surface area (Å²) in [5.41, 5.74) is 1.18. The SMILES string of the molecule is Cc1coc(I)c1. The number of hydrogen-bond donors (Lipinski definition) is 0. The van der Waals surface area contributed by atoms with Gasteiger partial charge in [0.25, 0.3) is 0 Å². The van der Waals surface area contributed by atoms with Gasteiger partial charge in [0.05, 0.1) is 6.26 Å². The molecule has 0 saturated heterocycles. The van der Waals surface area contributed by atoms with Crippen LogP contribution in [-0.4, -0.2) is 0 Å². The van der Waals surface area contributed by atoms with E-state index in [9.17, 15) is 0 Å². The molecule has 1 nitrogen and oxygen atoms in total. The van der Waals surface area contributed by atoms with Crippen molar-refractivity contribution in [2.45, 2.75) is 6.92 Å². The molecule has 0 unspecified atom stereocenters. The van der Waals surface area contributed by atoms with Gasteiger partial charge < -0.3 is 4.42 Å². The lowest BCUT2D eigenvalue weighted by molar-refractivity contribution is 0.536. The molecule has 0 N–H and O–H groups in total. The van der Waals surface area contributed by atoms with Gasteiger partial charge in [0.2, 0.25) is 0 Å². The third kappa shape index (κ3) is 1.19. The van der Waals surface area contributed by atoms with Gasteiger partial charge in [-0.3, -0.25) is 0 Å². The first kappa shape index (κ1) is 5.15. The summed E-state index contributed by atoms with van der Waals surface area (Å²) in [6.45, 7) is 2.01. The molecule has 0 aliphatic carbocycles. The molecule has 0 amide bonds. The minimum atomic E-state index is 0.954. The zero-order chi connectivity index (χ0) is 5.28. The third-order valence-electron chi connectivity index (χ3n) is 0.699. The lowest BCUT2D eigenvalue weighted by Crippen LogP contribution is -1.52. The Morgan fingerprint density at radius 2 is 2.43 bits per heavy atom. The average Bonchev–Trinajstić information content (AvgIpc) is 1.87. The fraction of sp³-hybridized carbons (Fsp3) is 0.200. The molecule has 0 atom stereocenters. The summed E-state index contributed by atoms with van der Waals surface area (Å²) in [5.74, 6) is 0. The molecule has 0 bridgehead atoms. The maximum absolute atomic E-state index is 4.95. The van der Waals surface area contributed by atoms with E-state index in [1.54, 1.807) is 6.26 Å². The second-order valence-corrected chi connectivity index (χ2v) is 2.49. The standard InChI is InChI=1S/C5H5IO/c1-4-2-5(6)7-3-4/h2-3H,1H3. The zero-order valence-corrected chi connectivity index (χ0v) is 6.10. The normalized spacial score (nSPS) is 9.43. The molecule has 0 spiro atoms.